The van der Waals surface area contributed by atoms with Crippen LogP contribution in [0.4, 0.5) is 8.78 Å². The van der Waals surface area contributed by atoms with E-state index < -0.39 is 36.2 Å². The third kappa shape index (κ3) is 5.87. The first kappa shape index (κ1) is 18.4. The van der Waals surface area contributed by atoms with Crippen molar-refractivity contribution in [2.24, 2.45) is 0 Å². The summed E-state index contributed by atoms with van der Waals surface area (Å²) in [5.41, 5.74) is 0.329. The average Bonchev–Trinajstić information content (AvgIpc) is 2.60. The standard InChI is InChI=1S/C18H17F2NO4/c1-12(25-15-8-6-14(19)7-9-15)18(23)24-11-17(22)21-10-13-4-2-3-5-16(13)20/h2-9,12H,10-11H2,1H3,(H,21,22)/t12-/m1/s1. The van der Waals surface area contributed by atoms with Crippen LogP contribution in [0.2, 0.25) is 0 Å². The number of hydrogen-bond donors (Lipinski definition) is 1. The molecule has 0 saturated carbocycles. The Balaban J connectivity index is 1.74. The zero-order valence-corrected chi connectivity index (χ0v) is 13.5. The molecule has 0 saturated heterocycles. The van der Waals surface area contributed by atoms with Crippen molar-refractivity contribution in [2.75, 3.05) is 6.61 Å². The van der Waals surface area contributed by atoms with Crippen molar-refractivity contribution in [1.82, 2.24) is 5.32 Å². The van der Waals surface area contributed by atoms with Gasteiger partial charge in [-0.1, -0.05) is 18.2 Å². The predicted octanol–water partition coefficient (Wildman–Crippen LogP) is 2.59. The number of rotatable bonds is 7. The van der Waals surface area contributed by atoms with Gasteiger partial charge >= 0.3 is 5.97 Å². The van der Waals surface area contributed by atoms with Crippen LogP contribution in [0.5, 0.6) is 5.75 Å². The molecule has 0 heterocycles. The molecule has 0 spiro atoms. The van der Waals surface area contributed by atoms with E-state index in [1.807, 2.05) is 0 Å². The minimum absolute atomic E-state index is 0.00924. The van der Waals surface area contributed by atoms with Crippen LogP contribution in [0.15, 0.2) is 48.5 Å². The lowest BCUT2D eigenvalue weighted by molar-refractivity contribution is -0.154. The van der Waals surface area contributed by atoms with Crippen LogP contribution in [0.1, 0.15) is 12.5 Å². The molecule has 0 aliphatic carbocycles. The molecule has 1 N–H and O–H groups in total. The van der Waals surface area contributed by atoms with Crippen molar-refractivity contribution >= 4 is 11.9 Å². The fraction of sp³-hybridized carbons (Fsp3) is 0.222. The minimum Gasteiger partial charge on any atom is -0.479 e. The maximum absolute atomic E-state index is 13.4. The first-order chi connectivity index (χ1) is 12.0. The largest absolute Gasteiger partial charge is 0.479 e. The van der Waals surface area contributed by atoms with E-state index >= 15 is 0 Å². The zero-order valence-electron chi connectivity index (χ0n) is 13.5. The highest BCUT2D eigenvalue weighted by Crippen LogP contribution is 2.13. The molecular weight excluding hydrogens is 332 g/mol. The van der Waals surface area contributed by atoms with Gasteiger partial charge in [0.1, 0.15) is 17.4 Å². The van der Waals surface area contributed by atoms with Crippen molar-refractivity contribution in [2.45, 2.75) is 19.6 Å². The van der Waals surface area contributed by atoms with Gasteiger partial charge in [-0.15, -0.1) is 0 Å². The van der Waals surface area contributed by atoms with Crippen LogP contribution >= 0.6 is 0 Å². The van der Waals surface area contributed by atoms with Gasteiger partial charge in [0, 0.05) is 12.1 Å². The number of halogens is 2. The Morgan fingerprint density at radius 3 is 2.44 bits per heavy atom. The fourth-order valence-corrected chi connectivity index (χ4v) is 1.91. The fourth-order valence-electron chi connectivity index (χ4n) is 1.91. The molecule has 25 heavy (non-hydrogen) atoms. The first-order valence-electron chi connectivity index (χ1n) is 7.54. The number of esters is 1. The van der Waals surface area contributed by atoms with Crippen LogP contribution < -0.4 is 10.1 Å². The lowest BCUT2D eigenvalue weighted by Crippen LogP contribution is -2.32. The summed E-state index contributed by atoms with van der Waals surface area (Å²) in [5.74, 6) is -1.86. The van der Waals surface area contributed by atoms with Gasteiger partial charge in [-0.3, -0.25) is 4.79 Å². The number of amides is 1. The normalized spacial score (nSPS) is 11.5. The molecule has 0 aromatic heterocycles. The van der Waals surface area contributed by atoms with Gasteiger partial charge in [0.2, 0.25) is 0 Å². The Morgan fingerprint density at radius 1 is 1.08 bits per heavy atom. The molecule has 0 radical (unpaired) electrons. The second-order valence-electron chi connectivity index (χ2n) is 5.19. The van der Waals surface area contributed by atoms with Crippen molar-refractivity contribution in [3.63, 3.8) is 0 Å². The second kappa shape index (κ2) is 8.77. The predicted molar refractivity (Wildman–Crippen MR) is 85.7 cm³/mol. The third-order valence-electron chi connectivity index (χ3n) is 3.24. The number of carbonyl (C=O) groups is 2. The minimum atomic E-state index is -0.968. The molecule has 0 fully saturated rings. The van der Waals surface area contributed by atoms with Crippen LogP contribution in [0.3, 0.4) is 0 Å². The molecule has 0 unspecified atom stereocenters. The molecule has 5 nitrogen and oxygen atoms in total. The molecule has 1 amide bonds. The second-order valence-corrected chi connectivity index (χ2v) is 5.19. The van der Waals surface area contributed by atoms with Gasteiger partial charge < -0.3 is 14.8 Å². The number of carbonyl (C=O) groups excluding carboxylic acids is 2. The SMILES string of the molecule is C[C@@H](Oc1ccc(F)cc1)C(=O)OCC(=O)NCc1ccccc1F. The van der Waals surface area contributed by atoms with Crippen LogP contribution in [0.25, 0.3) is 0 Å². The number of hydrogen-bond acceptors (Lipinski definition) is 4. The molecular formula is C18H17F2NO4. The Morgan fingerprint density at radius 2 is 1.76 bits per heavy atom. The summed E-state index contributed by atoms with van der Waals surface area (Å²) >= 11 is 0. The van der Waals surface area contributed by atoms with Crippen molar-refractivity contribution in [3.05, 3.63) is 65.7 Å². The van der Waals surface area contributed by atoms with Gasteiger partial charge in [0.15, 0.2) is 12.7 Å². The topological polar surface area (TPSA) is 64.6 Å². The maximum Gasteiger partial charge on any atom is 0.347 e. The molecule has 1 atom stereocenters. The summed E-state index contributed by atoms with van der Waals surface area (Å²) in [6, 6.07) is 11.2. The maximum atomic E-state index is 13.4. The summed E-state index contributed by atoms with van der Waals surface area (Å²) in [7, 11) is 0. The summed E-state index contributed by atoms with van der Waals surface area (Å²) in [6.07, 6.45) is -0.968. The lowest BCUT2D eigenvalue weighted by atomic mass is 10.2. The Kier molecular flexibility index (Phi) is 6.45. The molecule has 2 aromatic carbocycles. The Hall–Kier alpha value is -2.96. The number of benzene rings is 2. The highest BCUT2D eigenvalue weighted by Gasteiger charge is 2.18. The summed E-state index contributed by atoms with van der Waals surface area (Å²) in [4.78, 5) is 23.4. The van der Waals surface area contributed by atoms with Gasteiger partial charge in [0.05, 0.1) is 0 Å². The van der Waals surface area contributed by atoms with E-state index in [0.29, 0.717) is 11.3 Å². The molecule has 0 bridgehead atoms. The van der Waals surface area contributed by atoms with Gasteiger partial charge in [-0.2, -0.15) is 0 Å². The first-order valence-corrected chi connectivity index (χ1v) is 7.54. The van der Waals surface area contributed by atoms with Gasteiger partial charge in [-0.25, -0.2) is 13.6 Å². The summed E-state index contributed by atoms with van der Waals surface area (Å²) in [5, 5.41) is 2.45. The van der Waals surface area contributed by atoms with Crippen LogP contribution in [-0.4, -0.2) is 24.6 Å². The highest BCUT2D eigenvalue weighted by molar-refractivity contribution is 5.81. The monoisotopic (exact) mass is 349 g/mol. The Labute approximate surface area is 143 Å². The summed E-state index contributed by atoms with van der Waals surface area (Å²) < 4.78 is 36.3. The number of nitrogens with one attached hydrogen (secondary N) is 1. The quantitative estimate of drug-likeness (QED) is 0.781. The van der Waals surface area contributed by atoms with Crippen molar-refractivity contribution in [1.29, 1.82) is 0 Å². The molecule has 132 valence electrons. The van der Waals surface area contributed by atoms with E-state index in [1.165, 1.54) is 37.3 Å². The molecule has 0 aliphatic heterocycles. The van der Waals surface area contributed by atoms with E-state index in [1.54, 1.807) is 18.2 Å². The zero-order chi connectivity index (χ0) is 18.2. The van der Waals surface area contributed by atoms with E-state index in [4.69, 9.17) is 9.47 Å². The Bertz CT molecular complexity index is 734. The van der Waals surface area contributed by atoms with Crippen molar-refractivity contribution < 1.29 is 27.8 Å². The van der Waals surface area contributed by atoms with Crippen LogP contribution in [0, 0.1) is 11.6 Å². The van der Waals surface area contributed by atoms with E-state index in [0.717, 1.165) is 0 Å². The van der Waals surface area contributed by atoms with Gasteiger partial charge in [-0.05, 0) is 37.3 Å². The third-order valence-corrected chi connectivity index (χ3v) is 3.24. The molecule has 7 heteroatoms. The van der Waals surface area contributed by atoms with Crippen molar-refractivity contribution in [3.8, 4) is 5.75 Å². The van der Waals surface area contributed by atoms with E-state index in [-0.39, 0.29) is 6.54 Å². The van der Waals surface area contributed by atoms with Gasteiger partial charge in [0.25, 0.3) is 5.91 Å². The molecule has 2 aromatic rings. The van der Waals surface area contributed by atoms with E-state index in [9.17, 15) is 18.4 Å². The molecule has 2 rings (SSSR count). The average molecular weight is 349 g/mol. The summed E-state index contributed by atoms with van der Waals surface area (Å²) in [6.45, 7) is 0.929. The van der Waals surface area contributed by atoms with E-state index in [2.05, 4.69) is 5.32 Å². The lowest BCUT2D eigenvalue weighted by Gasteiger charge is -2.14. The highest BCUT2D eigenvalue weighted by atomic mass is 19.1. The smallest absolute Gasteiger partial charge is 0.347 e. The molecule has 0 aliphatic rings. The van der Waals surface area contributed by atoms with Crippen LogP contribution in [-0.2, 0) is 20.9 Å². The number of ether oxygens (including phenoxy) is 2.